The molecule has 1 N–H and O–H groups in total. The second-order valence-corrected chi connectivity index (χ2v) is 8.16. The fourth-order valence-corrected chi connectivity index (χ4v) is 3.02. The van der Waals surface area contributed by atoms with Crippen LogP contribution in [0.2, 0.25) is 0 Å². The SMILES string of the molecule is Cc1ccccc1-c1nnn(CC(=O)N(CC(=O)Nc2ccc(F)cc2)C(C)(C)C)n1. The van der Waals surface area contributed by atoms with Gasteiger partial charge in [0, 0.05) is 16.8 Å². The Kier molecular flexibility index (Phi) is 6.43. The normalized spacial score (nSPS) is 11.3. The first-order chi connectivity index (χ1) is 14.6. The average Bonchev–Trinajstić information content (AvgIpc) is 3.15. The number of tetrazole rings is 1. The number of hydrogen-bond acceptors (Lipinski definition) is 5. The van der Waals surface area contributed by atoms with E-state index in [1.807, 2.05) is 52.0 Å². The Hall–Kier alpha value is -3.62. The van der Waals surface area contributed by atoms with Crippen LogP contribution in [-0.2, 0) is 16.1 Å². The minimum absolute atomic E-state index is 0.153. The highest BCUT2D eigenvalue weighted by atomic mass is 19.1. The summed E-state index contributed by atoms with van der Waals surface area (Å²) in [6.07, 6.45) is 0. The maximum absolute atomic E-state index is 13.1. The number of carbonyl (C=O) groups excluding carboxylic acids is 2. The van der Waals surface area contributed by atoms with Crippen molar-refractivity contribution in [3.63, 3.8) is 0 Å². The summed E-state index contributed by atoms with van der Waals surface area (Å²) >= 11 is 0. The minimum Gasteiger partial charge on any atom is -0.327 e. The minimum atomic E-state index is -0.614. The second kappa shape index (κ2) is 9.03. The number of aromatic nitrogens is 4. The van der Waals surface area contributed by atoms with Crippen LogP contribution >= 0.6 is 0 Å². The van der Waals surface area contributed by atoms with Gasteiger partial charge in [-0.2, -0.15) is 4.80 Å². The molecule has 0 unspecified atom stereocenters. The van der Waals surface area contributed by atoms with Gasteiger partial charge in [-0.1, -0.05) is 24.3 Å². The summed E-state index contributed by atoms with van der Waals surface area (Å²) < 4.78 is 13.1. The van der Waals surface area contributed by atoms with Crippen molar-refractivity contribution in [2.75, 3.05) is 11.9 Å². The predicted molar refractivity (Wildman–Crippen MR) is 114 cm³/mol. The fourth-order valence-electron chi connectivity index (χ4n) is 3.02. The first kappa shape index (κ1) is 22.1. The van der Waals surface area contributed by atoms with Crippen molar-refractivity contribution in [3.8, 4) is 11.4 Å². The van der Waals surface area contributed by atoms with E-state index < -0.39 is 11.4 Å². The molecule has 2 amide bonds. The van der Waals surface area contributed by atoms with Gasteiger partial charge in [0.2, 0.25) is 17.6 Å². The van der Waals surface area contributed by atoms with E-state index in [2.05, 4.69) is 20.7 Å². The van der Waals surface area contributed by atoms with E-state index in [0.29, 0.717) is 11.5 Å². The van der Waals surface area contributed by atoms with Gasteiger partial charge in [0.25, 0.3) is 0 Å². The van der Waals surface area contributed by atoms with E-state index in [-0.39, 0.29) is 24.9 Å². The lowest BCUT2D eigenvalue weighted by molar-refractivity contribution is -0.140. The van der Waals surface area contributed by atoms with Crippen LogP contribution in [0, 0.1) is 12.7 Å². The zero-order chi connectivity index (χ0) is 22.6. The largest absolute Gasteiger partial charge is 0.327 e. The third-order valence-corrected chi connectivity index (χ3v) is 4.66. The molecular formula is C22H25FN6O2. The quantitative estimate of drug-likeness (QED) is 0.657. The van der Waals surface area contributed by atoms with E-state index in [9.17, 15) is 14.0 Å². The Morgan fingerprint density at radius 3 is 2.42 bits per heavy atom. The Labute approximate surface area is 180 Å². The molecule has 3 rings (SSSR count). The van der Waals surface area contributed by atoms with Gasteiger partial charge in [0.05, 0.1) is 0 Å². The molecule has 0 spiro atoms. The van der Waals surface area contributed by atoms with Gasteiger partial charge < -0.3 is 10.2 Å². The highest BCUT2D eigenvalue weighted by Crippen LogP contribution is 2.19. The van der Waals surface area contributed by atoms with Gasteiger partial charge in [-0.3, -0.25) is 9.59 Å². The molecule has 0 saturated carbocycles. The number of benzene rings is 2. The van der Waals surface area contributed by atoms with Crippen LogP contribution in [0.4, 0.5) is 10.1 Å². The molecule has 2 aromatic carbocycles. The van der Waals surface area contributed by atoms with E-state index in [1.54, 1.807) is 0 Å². The Morgan fingerprint density at radius 2 is 1.77 bits per heavy atom. The molecule has 0 fully saturated rings. The maximum Gasteiger partial charge on any atom is 0.247 e. The molecule has 0 saturated heterocycles. The standard InChI is InChI=1S/C22H25FN6O2/c1-15-7-5-6-8-18(15)21-25-27-29(26-21)14-20(31)28(22(2,3)4)13-19(30)24-17-11-9-16(23)10-12-17/h5-12H,13-14H2,1-4H3,(H,24,30). The molecular weight excluding hydrogens is 399 g/mol. The summed E-state index contributed by atoms with van der Waals surface area (Å²) in [6, 6.07) is 13.1. The zero-order valence-corrected chi connectivity index (χ0v) is 18.0. The first-order valence-electron chi connectivity index (χ1n) is 9.83. The fraction of sp³-hybridized carbons (Fsp3) is 0.318. The van der Waals surface area contributed by atoms with Gasteiger partial charge in [-0.05, 0) is 62.7 Å². The van der Waals surface area contributed by atoms with Crippen LogP contribution in [0.1, 0.15) is 26.3 Å². The third kappa shape index (κ3) is 5.71. The van der Waals surface area contributed by atoms with Crippen molar-refractivity contribution >= 4 is 17.5 Å². The lowest BCUT2D eigenvalue weighted by Gasteiger charge is -2.35. The number of nitrogens with zero attached hydrogens (tertiary/aromatic N) is 5. The Balaban J connectivity index is 1.70. The number of hydrogen-bond donors (Lipinski definition) is 1. The number of rotatable bonds is 6. The second-order valence-electron chi connectivity index (χ2n) is 8.16. The molecule has 0 aliphatic heterocycles. The van der Waals surface area contributed by atoms with Crippen molar-refractivity contribution in [2.24, 2.45) is 0 Å². The molecule has 1 aromatic heterocycles. The Bertz CT molecular complexity index is 1070. The molecule has 31 heavy (non-hydrogen) atoms. The Morgan fingerprint density at radius 1 is 1.10 bits per heavy atom. The van der Waals surface area contributed by atoms with E-state index in [0.717, 1.165) is 11.1 Å². The highest BCUT2D eigenvalue weighted by molar-refractivity contribution is 5.94. The van der Waals surface area contributed by atoms with Crippen LogP contribution in [0.25, 0.3) is 11.4 Å². The van der Waals surface area contributed by atoms with Gasteiger partial charge in [0.1, 0.15) is 18.9 Å². The molecule has 1 heterocycles. The smallest absolute Gasteiger partial charge is 0.247 e. The van der Waals surface area contributed by atoms with Gasteiger partial charge in [-0.15, -0.1) is 10.2 Å². The number of nitrogens with one attached hydrogen (secondary N) is 1. The highest BCUT2D eigenvalue weighted by Gasteiger charge is 2.29. The summed E-state index contributed by atoms with van der Waals surface area (Å²) in [4.78, 5) is 28.1. The van der Waals surface area contributed by atoms with Crippen LogP contribution in [0.15, 0.2) is 48.5 Å². The molecule has 162 valence electrons. The van der Waals surface area contributed by atoms with Gasteiger partial charge in [-0.25, -0.2) is 4.39 Å². The summed E-state index contributed by atoms with van der Waals surface area (Å²) in [6.45, 7) is 7.14. The van der Waals surface area contributed by atoms with Crippen molar-refractivity contribution in [1.29, 1.82) is 0 Å². The maximum atomic E-state index is 13.1. The molecule has 0 bridgehead atoms. The predicted octanol–water partition coefficient (Wildman–Crippen LogP) is 3.05. The number of anilines is 1. The first-order valence-corrected chi connectivity index (χ1v) is 9.83. The number of amides is 2. The van der Waals surface area contributed by atoms with Crippen molar-refractivity contribution in [1.82, 2.24) is 25.1 Å². The molecule has 0 atom stereocenters. The lowest BCUT2D eigenvalue weighted by Crippen LogP contribution is -2.50. The van der Waals surface area contributed by atoms with Crippen molar-refractivity contribution in [2.45, 2.75) is 39.8 Å². The molecule has 0 radical (unpaired) electrons. The van der Waals surface area contributed by atoms with Crippen molar-refractivity contribution < 1.29 is 14.0 Å². The lowest BCUT2D eigenvalue weighted by atomic mass is 10.1. The van der Waals surface area contributed by atoms with Gasteiger partial charge >= 0.3 is 0 Å². The summed E-state index contributed by atoms with van der Waals surface area (Å²) in [7, 11) is 0. The molecule has 9 heteroatoms. The third-order valence-electron chi connectivity index (χ3n) is 4.66. The van der Waals surface area contributed by atoms with Crippen molar-refractivity contribution in [3.05, 3.63) is 59.9 Å². The number of halogens is 1. The summed E-state index contributed by atoms with van der Waals surface area (Å²) in [5, 5.41) is 15.0. The summed E-state index contributed by atoms with van der Waals surface area (Å²) in [5.74, 6) is -0.672. The van der Waals surface area contributed by atoms with Crippen LogP contribution in [-0.4, -0.2) is 49.0 Å². The van der Waals surface area contributed by atoms with Crippen LogP contribution in [0.3, 0.4) is 0 Å². The molecule has 8 nitrogen and oxygen atoms in total. The number of aryl methyl sites for hydroxylation is 1. The van der Waals surface area contributed by atoms with Crippen LogP contribution in [0.5, 0.6) is 0 Å². The topological polar surface area (TPSA) is 93.0 Å². The zero-order valence-electron chi connectivity index (χ0n) is 18.0. The van der Waals surface area contributed by atoms with Crippen LogP contribution < -0.4 is 5.32 Å². The average molecular weight is 424 g/mol. The molecule has 0 aliphatic rings. The van der Waals surface area contributed by atoms with E-state index >= 15 is 0 Å². The van der Waals surface area contributed by atoms with Gasteiger partial charge in [0.15, 0.2) is 0 Å². The van der Waals surface area contributed by atoms with E-state index in [4.69, 9.17) is 0 Å². The number of carbonyl (C=O) groups is 2. The summed E-state index contributed by atoms with van der Waals surface area (Å²) in [5.41, 5.74) is 1.68. The molecule has 0 aliphatic carbocycles. The van der Waals surface area contributed by atoms with E-state index in [1.165, 1.54) is 34.0 Å². The molecule has 3 aromatic rings. The monoisotopic (exact) mass is 424 g/mol.